The van der Waals surface area contributed by atoms with E-state index in [0.29, 0.717) is 17.8 Å². The van der Waals surface area contributed by atoms with Crippen molar-refractivity contribution >= 4 is 29.0 Å². The van der Waals surface area contributed by atoms with Gasteiger partial charge in [0.05, 0.1) is 4.99 Å². The number of nitrogens with zero attached hydrogens (tertiary/aromatic N) is 1. The Bertz CT molecular complexity index is 451. The highest BCUT2D eigenvalue weighted by Crippen LogP contribution is 2.46. The summed E-state index contributed by atoms with van der Waals surface area (Å²) in [5, 5.41) is 0. The van der Waals surface area contributed by atoms with E-state index >= 15 is 0 Å². The monoisotopic (exact) mass is 308 g/mol. The minimum atomic E-state index is -0.0801. The minimum absolute atomic E-state index is 0.0151. The van der Waals surface area contributed by atoms with Crippen LogP contribution in [-0.4, -0.2) is 27.7 Å². The number of piperidine rings is 1. The molecule has 2 aliphatic carbocycles. The second-order valence-electron chi connectivity index (χ2n) is 7.08. The van der Waals surface area contributed by atoms with Crippen molar-refractivity contribution in [1.29, 1.82) is 0 Å². The van der Waals surface area contributed by atoms with Gasteiger partial charge in [-0.1, -0.05) is 37.9 Å². The number of amides is 2. The van der Waals surface area contributed by atoms with Crippen LogP contribution in [0.15, 0.2) is 0 Å². The third-order valence-corrected chi connectivity index (χ3v) is 5.98. The van der Waals surface area contributed by atoms with E-state index in [9.17, 15) is 9.59 Å². The van der Waals surface area contributed by atoms with E-state index in [1.165, 1.54) is 11.3 Å². The predicted molar refractivity (Wildman–Crippen MR) is 84.5 cm³/mol. The van der Waals surface area contributed by atoms with E-state index in [1.807, 2.05) is 0 Å². The summed E-state index contributed by atoms with van der Waals surface area (Å²) in [7, 11) is 0. The van der Waals surface area contributed by atoms with Crippen molar-refractivity contribution in [3.05, 3.63) is 0 Å². The Morgan fingerprint density at radius 3 is 2.24 bits per heavy atom. The van der Waals surface area contributed by atoms with Crippen LogP contribution < -0.4 is 5.73 Å². The van der Waals surface area contributed by atoms with Gasteiger partial charge in [0.1, 0.15) is 0 Å². The number of carbonyl (C=O) groups is 2. The lowest BCUT2D eigenvalue weighted by molar-refractivity contribution is -0.158. The molecule has 1 aliphatic heterocycles. The Morgan fingerprint density at radius 2 is 1.67 bits per heavy atom. The number of hydrogen-bond acceptors (Lipinski definition) is 3. The first-order chi connectivity index (χ1) is 10.0. The Balaban J connectivity index is 1.77. The van der Waals surface area contributed by atoms with E-state index in [2.05, 4.69) is 0 Å². The third kappa shape index (κ3) is 2.72. The lowest BCUT2D eigenvalue weighted by atomic mass is 9.67. The quantitative estimate of drug-likeness (QED) is 0.629. The van der Waals surface area contributed by atoms with Crippen molar-refractivity contribution in [2.75, 3.05) is 0 Å². The molecule has 2 N–H and O–H groups in total. The van der Waals surface area contributed by atoms with Crippen LogP contribution >= 0.6 is 12.2 Å². The summed E-state index contributed by atoms with van der Waals surface area (Å²) in [5.74, 6) is 0.0518. The van der Waals surface area contributed by atoms with E-state index in [0.717, 1.165) is 44.9 Å². The molecule has 2 unspecified atom stereocenters. The first kappa shape index (κ1) is 14.9. The second kappa shape index (κ2) is 5.67. The Kier molecular flexibility index (Phi) is 4.04. The number of rotatable bonds is 2. The molecule has 1 saturated heterocycles. The minimum Gasteiger partial charge on any atom is -0.393 e. The molecule has 2 saturated carbocycles. The summed E-state index contributed by atoms with van der Waals surface area (Å²) in [6.07, 6.45) is 9.44. The zero-order valence-electron chi connectivity index (χ0n) is 12.5. The molecule has 3 fully saturated rings. The van der Waals surface area contributed by atoms with Gasteiger partial charge in [-0.05, 0) is 31.1 Å². The zero-order chi connectivity index (χ0) is 15.0. The van der Waals surface area contributed by atoms with E-state index in [1.54, 1.807) is 0 Å². The van der Waals surface area contributed by atoms with Gasteiger partial charge in [0.25, 0.3) is 0 Å². The zero-order valence-corrected chi connectivity index (χ0v) is 13.3. The van der Waals surface area contributed by atoms with Crippen molar-refractivity contribution in [2.24, 2.45) is 17.1 Å². The molecule has 2 amide bonds. The molecular weight excluding hydrogens is 284 g/mol. The average Bonchev–Trinajstić information content (AvgIpc) is 2.87. The van der Waals surface area contributed by atoms with Crippen molar-refractivity contribution < 1.29 is 9.59 Å². The fourth-order valence-corrected chi connectivity index (χ4v) is 4.90. The highest BCUT2D eigenvalue weighted by Gasteiger charge is 2.48. The summed E-state index contributed by atoms with van der Waals surface area (Å²) < 4.78 is 0. The van der Waals surface area contributed by atoms with Crippen LogP contribution in [0.5, 0.6) is 0 Å². The van der Waals surface area contributed by atoms with Gasteiger partial charge < -0.3 is 5.73 Å². The van der Waals surface area contributed by atoms with Crippen molar-refractivity contribution in [3.8, 4) is 0 Å². The van der Waals surface area contributed by atoms with Crippen LogP contribution in [0.3, 0.4) is 0 Å². The predicted octanol–water partition coefficient (Wildman–Crippen LogP) is 2.54. The number of hydrogen-bond donors (Lipinski definition) is 1. The van der Waals surface area contributed by atoms with Gasteiger partial charge in [-0.25, -0.2) is 0 Å². The van der Waals surface area contributed by atoms with E-state index in [4.69, 9.17) is 18.0 Å². The van der Waals surface area contributed by atoms with Gasteiger partial charge in [-0.15, -0.1) is 0 Å². The van der Waals surface area contributed by atoms with Gasteiger partial charge in [-0.3, -0.25) is 14.5 Å². The first-order valence-electron chi connectivity index (χ1n) is 8.17. The van der Waals surface area contributed by atoms with Crippen LogP contribution in [-0.2, 0) is 9.59 Å². The molecule has 21 heavy (non-hydrogen) atoms. The van der Waals surface area contributed by atoms with E-state index in [-0.39, 0.29) is 29.2 Å². The smallest absolute Gasteiger partial charge is 0.230 e. The average molecular weight is 308 g/mol. The van der Waals surface area contributed by atoms with Crippen molar-refractivity contribution in [1.82, 2.24) is 4.90 Å². The molecule has 3 aliphatic rings. The molecule has 0 aromatic heterocycles. The van der Waals surface area contributed by atoms with E-state index < -0.39 is 0 Å². The molecule has 4 nitrogen and oxygen atoms in total. The molecule has 0 aromatic rings. The Hall–Kier alpha value is -0.970. The standard InChI is InChI=1S/C16H24N2O2S/c17-15(21)11-5-4-6-12(11)18-13(19)9-16(10-14(18)20)7-2-1-3-8-16/h11-12H,1-10H2,(H2,17,21). The van der Waals surface area contributed by atoms with Crippen molar-refractivity contribution in [3.63, 3.8) is 0 Å². The summed E-state index contributed by atoms with van der Waals surface area (Å²) in [6.45, 7) is 0. The SMILES string of the molecule is NC(=S)C1CCCC1N1C(=O)CC2(CCCCC2)CC1=O. The number of carbonyl (C=O) groups excluding carboxylic acids is 2. The van der Waals surface area contributed by atoms with Crippen LogP contribution in [0, 0.1) is 11.3 Å². The summed E-state index contributed by atoms with van der Waals surface area (Å²) in [5.41, 5.74) is 5.76. The fraction of sp³-hybridized carbons (Fsp3) is 0.812. The summed E-state index contributed by atoms with van der Waals surface area (Å²) in [6, 6.07) is -0.0801. The maximum absolute atomic E-state index is 12.7. The second-order valence-corrected chi connectivity index (χ2v) is 7.55. The first-order valence-corrected chi connectivity index (χ1v) is 8.57. The molecule has 2 atom stereocenters. The lowest BCUT2D eigenvalue weighted by Gasteiger charge is -2.44. The van der Waals surface area contributed by atoms with Crippen LogP contribution in [0.2, 0.25) is 0 Å². The van der Waals surface area contributed by atoms with Crippen LogP contribution in [0.25, 0.3) is 0 Å². The summed E-state index contributed by atoms with van der Waals surface area (Å²) in [4.78, 5) is 27.3. The highest BCUT2D eigenvalue weighted by atomic mass is 32.1. The van der Waals surface area contributed by atoms with Gasteiger partial charge in [0.2, 0.25) is 11.8 Å². The molecule has 0 bridgehead atoms. The maximum atomic E-state index is 12.7. The lowest BCUT2D eigenvalue weighted by Crippen LogP contribution is -2.55. The molecule has 0 aromatic carbocycles. The van der Waals surface area contributed by atoms with Crippen LogP contribution in [0.1, 0.15) is 64.2 Å². The number of nitrogens with two attached hydrogens (primary N) is 1. The molecule has 116 valence electrons. The van der Waals surface area contributed by atoms with Gasteiger partial charge in [-0.2, -0.15) is 0 Å². The number of thiocarbonyl (C=S) groups is 1. The Labute approximate surface area is 131 Å². The Morgan fingerprint density at radius 1 is 1.05 bits per heavy atom. The largest absolute Gasteiger partial charge is 0.393 e. The summed E-state index contributed by atoms with van der Waals surface area (Å²) >= 11 is 5.13. The molecule has 1 heterocycles. The van der Waals surface area contributed by atoms with Gasteiger partial charge >= 0.3 is 0 Å². The molecule has 3 rings (SSSR count). The van der Waals surface area contributed by atoms with Crippen molar-refractivity contribution in [2.45, 2.75) is 70.3 Å². The fourth-order valence-electron chi connectivity index (χ4n) is 4.62. The molecular formula is C16H24N2O2S. The third-order valence-electron chi connectivity index (χ3n) is 5.68. The molecule has 1 spiro atoms. The molecule has 5 heteroatoms. The normalized spacial score (nSPS) is 32.7. The van der Waals surface area contributed by atoms with Crippen LogP contribution in [0.4, 0.5) is 0 Å². The highest BCUT2D eigenvalue weighted by molar-refractivity contribution is 7.80. The number of likely N-dealkylation sites (tertiary alicyclic amines) is 1. The van der Waals surface area contributed by atoms with Gasteiger partial charge in [0.15, 0.2) is 0 Å². The topological polar surface area (TPSA) is 63.4 Å². The molecule has 0 radical (unpaired) electrons. The maximum Gasteiger partial charge on any atom is 0.230 e. The van der Waals surface area contributed by atoms with Gasteiger partial charge in [0, 0.05) is 24.8 Å². The number of imide groups is 1.